The average molecular weight is 469 g/mol. The number of hydrogen-bond acceptors (Lipinski definition) is 6. The van der Waals surface area contributed by atoms with Crippen molar-refractivity contribution < 1.29 is 14.3 Å². The molecule has 0 spiro atoms. The summed E-state index contributed by atoms with van der Waals surface area (Å²) in [5, 5.41) is 7.26. The third kappa shape index (κ3) is 4.85. The molecular weight excluding hydrogens is 440 g/mol. The minimum atomic E-state index is -0.756. The van der Waals surface area contributed by atoms with Crippen molar-refractivity contribution in [2.75, 3.05) is 24.8 Å². The topological polar surface area (TPSA) is 106 Å². The van der Waals surface area contributed by atoms with E-state index in [1.807, 2.05) is 69.4 Å². The highest BCUT2D eigenvalue weighted by Crippen LogP contribution is 2.32. The van der Waals surface area contributed by atoms with Gasteiger partial charge >= 0.3 is 0 Å². The second-order valence-corrected chi connectivity index (χ2v) is 8.81. The number of carbonyl (C=O) groups is 2. The Kier molecular flexibility index (Phi) is 6.53. The zero-order chi connectivity index (χ0) is 25.2. The van der Waals surface area contributed by atoms with E-state index in [4.69, 9.17) is 10.5 Å². The van der Waals surface area contributed by atoms with E-state index in [0.717, 1.165) is 27.9 Å². The molecule has 1 heterocycles. The lowest BCUT2D eigenvalue weighted by atomic mass is 9.93. The Hall–Kier alpha value is -4.23. The lowest BCUT2D eigenvalue weighted by molar-refractivity contribution is -0.112. The predicted octanol–water partition coefficient (Wildman–Crippen LogP) is 4.97. The molecule has 4 rings (SSSR count). The maximum absolute atomic E-state index is 13.3. The van der Waals surface area contributed by atoms with Gasteiger partial charge in [0.05, 0.1) is 12.8 Å². The summed E-state index contributed by atoms with van der Waals surface area (Å²) in [6, 6.07) is 20.2. The number of ketones is 1. The van der Waals surface area contributed by atoms with Crippen LogP contribution in [0.4, 0.5) is 11.5 Å². The highest BCUT2D eigenvalue weighted by molar-refractivity contribution is 6.48. The van der Waals surface area contributed by atoms with E-state index in [2.05, 4.69) is 15.6 Å². The number of amides is 1. The van der Waals surface area contributed by atoms with Gasteiger partial charge in [0, 0.05) is 29.9 Å². The highest BCUT2D eigenvalue weighted by atomic mass is 16.5. The number of ether oxygens (including phenoxy) is 1. The fourth-order valence-electron chi connectivity index (χ4n) is 3.96. The van der Waals surface area contributed by atoms with Crippen LogP contribution in [0.25, 0.3) is 21.9 Å². The number of nitrogens with zero attached hydrogens (tertiary/aromatic N) is 1. The van der Waals surface area contributed by atoms with E-state index in [0.29, 0.717) is 22.4 Å². The van der Waals surface area contributed by atoms with E-state index in [9.17, 15) is 9.59 Å². The number of benzene rings is 3. The SMILES string of the molecule is CNc1ccc(-c2ccc(C(=O)C(=O)Nc3cc(C(C)(C)N)ccc3OC)c3ccccc23)cn1. The fraction of sp³-hybridized carbons (Fsp3) is 0.179. The van der Waals surface area contributed by atoms with Crippen LogP contribution >= 0.6 is 0 Å². The number of anilines is 2. The monoisotopic (exact) mass is 468 g/mol. The van der Waals surface area contributed by atoms with Crippen LogP contribution in [0.1, 0.15) is 29.8 Å². The number of carbonyl (C=O) groups excluding carboxylic acids is 2. The van der Waals surface area contributed by atoms with Crippen LogP contribution in [0, 0.1) is 0 Å². The molecule has 0 saturated heterocycles. The van der Waals surface area contributed by atoms with Crippen LogP contribution in [0.5, 0.6) is 5.75 Å². The molecule has 0 aliphatic carbocycles. The van der Waals surface area contributed by atoms with E-state index in [-0.39, 0.29) is 0 Å². The molecule has 4 N–H and O–H groups in total. The smallest absolute Gasteiger partial charge is 0.296 e. The zero-order valence-corrected chi connectivity index (χ0v) is 20.2. The largest absolute Gasteiger partial charge is 0.495 e. The van der Waals surface area contributed by atoms with Crippen LogP contribution in [-0.4, -0.2) is 30.8 Å². The molecule has 0 fully saturated rings. The minimum absolute atomic E-state index is 0.316. The minimum Gasteiger partial charge on any atom is -0.495 e. The molecule has 0 unspecified atom stereocenters. The molecule has 1 aromatic heterocycles. The van der Waals surface area contributed by atoms with E-state index in [1.54, 1.807) is 24.4 Å². The summed E-state index contributed by atoms with van der Waals surface area (Å²) in [4.78, 5) is 30.7. The summed E-state index contributed by atoms with van der Waals surface area (Å²) in [7, 11) is 3.32. The normalized spacial score (nSPS) is 11.2. The highest BCUT2D eigenvalue weighted by Gasteiger charge is 2.23. The number of aromatic nitrogens is 1. The number of pyridine rings is 1. The summed E-state index contributed by atoms with van der Waals surface area (Å²) in [5.74, 6) is -0.194. The Morgan fingerprint density at radius 1 is 0.971 bits per heavy atom. The first kappa shape index (κ1) is 23.9. The van der Waals surface area contributed by atoms with Crippen molar-refractivity contribution >= 4 is 34.0 Å². The molecule has 4 aromatic rings. The summed E-state index contributed by atoms with van der Waals surface area (Å²) in [5.41, 5.74) is 8.93. The Balaban J connectivity index is 1.70. The van der Waals surface area contributed by atoms with Crippen molar-refractivity contribution in [1.29, 1.82) is 0 Å². The molecule has 0 bridgehead atoms. The van der Waals surface area contributed by atoms with Gasteiger partial charge in [0.15, 0.2) is 0 Å². The second kappa shape index (κ2) is 9.56. The third-order valence-electron chi connectivity index (χ3n) is 5.90. The Morgan fingerprint density at radius 3 is 2.34 bits per heavy atom. The van der Waals surface area contributed by atoms with E-state index >= 15 is 0 Å². The number of fused-ring (bicyclic) bond motifs is 1. The van der Waals surface area contributed by atoms with Crippen molar-refractivity contribution in [3.8, 4) is 16.9 Å². The van der Waals surface area contributed by atoms with Crippen molar-refractivity contribution in [1.82, 2.24) is 4.98 Å². The summed E-state index contributed by atoms with van der Waals surface area (Å²) >= 11 is 0. The standard InChI is InChI=1S/C28H28N4O3/c1-28(2,29)18-10-13-24(35-4)23(15-18)32-27(34)26(33)22-12-11-19(20-7-5-6-8-21(20)22)17-9-14-25(30-3)31-16-17/h5-16H,29H2,1-4H3,(H,30,31)(H,32,34). The van der Waals surface area contributed by atoms with Crippen molar-refractivity contribution in [3.63, 3.8) is 0 Å². The molecule has 3 aromatic carbocycles. The predicted molar refractivity (Wildman–Crippen MR) is 140 cm³/mol. The summed E-state index contributed by atoms with van der Waals surface area (Å²) in [6.07, 6.45) is 1.78. The zero-order valence-electron chi connectivity index (χ0n) is 20.2. The van der Waals surface area contributed by atoms with E-state index < -0.39 is 17.2 Å². The lowest BCUT2D eigenvalue weighted by Crippen LogP contribution is -2.29. The molecular formula is C28H28N4O3. The molecule has 0 saturated carbocycles. The van der Waals surface area contributed by atoms with Gasteiger partial charge in [-0.1, -0.05) is 36.4 Å². The molecule has 35 heavy (non-hydrogen) atoms. The Morgan fingerprint density at radius 2 is 1.71 bits per heavy atom. The van der Waals surface area contributed by atoms with Crippen LogP contribution in [0.15, 0.2) is 72.9 Å². The van der Waals surface area contributed by atoms with Crippen LogP contribution < -0.4 is 21.1 Å². The van der Waals surface area contributed by atoms with Gasteiger partial charge in [-0.3, -0.25) is 9.59 Å². The van der Waals surface area contributed by atoms with E-state index in [1.165, 1.54) is 7.11 Å². The van der Waals surface area contributed by atoms with Gasteiger partial charge in [-0.15, -0.1) is 0 Å². The number of nitrogens with two attached hydrogens (primary N) is 1. The number of nitrogens with one attached hydrogen (secondary N) is 2. The van der Waals surface area contributed by atoms with Gasteiger partial charge in [0.1, 0.15) is 11.6 Å². The molecule has 7 heteroatoms. The summed E-state index contributed by atoms with van der Waals surface area (Å²) in [6.45, 7) is 3.72. The molecule has 178 valence electrons. The maximum Gasteiger partial charge on any atom is 0.296 e. The van der Waals surface area contributed by atoms with Gasteiger partial charge < -0.3 is 21.1 Å². The molecule has 1 amide bonds. The first-order valence-corrected chi connectivity index (χ1v) is 11.2. The van der Waals surface area contributed by atoms with Crippen LogP contribution in [0.3, 0.4) is 0 Å². The number of Topliss-reactive ketones (excluding diaryl/α,β-unsaturated/α-hetero) is 1. The Bertz CT molecular complexity index is 1410. The first-order chi connectivity index (χ1) is 16.7. The fourth-order valence-corrected chi connectivity index (χ4v) is 3.96. The van der Waals surface area contributed by atoms with Gasteiger partial charge in [0.2, 0.25) is 0 Å². The van der Waals surface area contributed by atoms with Crippen molar-refractivity contribution in [2.24, 2.45) is 5.73 Å². The maximum atomic E-state index is 13.3. The van der Waals surface area contributed by atoms with Gasteiger partial charge in [-0.25, -0.2) is 4.98 Å². The molecule has 0 aliphatic heterocycles. The number of rotatable bonds is 7. The lowest BCUT2D eigenvalue weighted by Gasteiger charge is -2.21. The van der Waals surface area contributed by atoms with Crippen molar-refractivity contribution in [2.45, 2.75) is 19.4 Å². The Labute approximate surface area is 204 Å². The number of hydrogen-bond donors (Lipinski definition) is 3. The molecule has 0 atom stereocenters. The van der Waals surface area contributed by atoms with Gasteiger partial charge in [-0.05, 0) is 66.1 Å². The average Bonchev–Trinajstić information content (AvgIpc) is 2.87. The van der Waals surface area contributed by atoms with Gasteiger partial charge in [-0.2, -0.15) is 0 Å². The molecule has 0 aliphatic rings. The van der Waals surface area contributed by atoms with Gasteiger partial charge in [0.25, 0.3) is 11.7 Å². The van der Waals surface area contributed by atoms with Crippen LogP contribution in [-0.2, 0) is 10.3 Å². The summed E-state index contributed by atoms with van der Waals surface area (Å²) < 4.78 is 5.37. The second-order valence-electron chi connectivity index (χ2n) is 8.81. The quantitative estimate of drug-likeness (QED) is 0.261. The first-order valence-electron chi connectivity index (χ1n) is 11.2. The molecule has 7 nitrogen and oxygen atoms in total. The third-order valence-corrected chi connectivity index (χ3v) is 5.90. The molecule has 0 radical (unpaired) electrons. The number of methoxy groups -OCH3 is 1. The van der Waals surface area contributed by atoms with Crippen LogP contribution in [0.2, 0.25) is 0 Å². The van der Waals surface area contributed by atoms with Crippen molar-refractivity contribution in [3.05, 3.63) is 84.1 Å².